The fourth-order valence-electron chi connectivity index (χ4n) is 2.61. The Hall–Kier alpha value is -2.57. The minimum absolute atomic E-state index is 0.0656. The number of nitrogens with one attached hydrogen (secondary N) is 3. The molecule has 2 amide bonds. The third-order valence-electron chi connectivity index (χ3n) is 3.83. The normalized spacial score (nSPS) is 17.5. The maximum atomic E-state index is 12.0. The molecule has 0 bridgehead atoms. The molecule has 2 heterocycles. The number of hydrogen-bond donors (Lipinski definition) is 3. The first kappa shape index (κ1) is 14.4. The molecule has 7 nitrogen and oxygen atoms in total. The molecule has 1 aromatic carbocycles. The number of anilines is 1. The van der Waals surface area contributed by atoms with Gasteiger partial charge in [0.25, 0.3) is 0 Å². The number of benzene rings is 1. The van der Waals surface area contributed by atoms with Crippen LogP contribution in [0.1, 0.15) is 25.7 Å². The molecular weight excluding hydrogens is 284 g/mol. The van der Waals surface area contributed by atoms with Crippen molar-refractivity contribution in [3.63, 3.8) is 0 Å². The average molecular weight is 302 g/mol. The quantitative estimate of drug-likeness (QED) is 0.781. The van der Waals surface area contributed by atoms with Crippen LogP contribution in [0.5, 0.6) is 5.75 Å². The third kappa shape index (κ3) is 3.03. The van der Waals surface area contributed by atoms with Crippen LogP contribution < -0.4 is 15.4 Å². The Morgan fingerprint density at radius 3 is 3.09 bits per heavy atom. The Balaban J connectivity index is 1.62. The van der Waals surface area contributed by atoms with Gasteiger partial charge in [-0.25, -0.2) is 0 Å². The number of aromatic amines is 1. The predicted molar refractivity (Wildman–Crippen MR) is 81.7 cm³/mol. The summed E-state index contributed by atoms with van der Waals surface area (Å²) in [7, 11) is 1.59. The lowest BCUT2D eigenvalue weighted by atomic mass is 10.1. The molecule has 1 aliphatic heterocycles. The number of hydrogen-bond acceptors (Lipinski definition) is 4. The van der Waals surface area contributed by atoms with Crippen LogP contribution in [0, 0.1) is 0 Å². The van der Waals surface area contributed by atoms with E-state index >= 15 is 0 Å². The maximum absolute atomic E-state index is 12.0. The number of ether oxygens (including phenoxy) is 1. The number of rotatable bonds is 5. The van der Waals surface area contributed by atoms with Crippen molar-refractivity contribution >= 4 is 28.5 Å². The van der Waals surface area contributed by atoms with Gasteiger partial charge in [0.15, 0.2) is 5.82 Å². The van der Waals surface area contributed by atoms with Gasteiger partial charge in [0.2, 0.25) is 11.8 Å². The van der Waals surface area contributed by atoms with Gasteiger partial charge in [-0.05, 0) is 31.0 Å². The van der Waals surface area contributed by atoms with Gasteiger partial charge in [-0.3, -0.25) is 14.7 Å². The number of methoxy groups -OCH3 is 1. The zero-order valence-corrected chi connectivity index (χ0v) is 12.3. The van der Waals surface area contributed by atoms with Crippen LogP contribution in [0.25, 0.3) is 10.9 Å². The molecule has 1 aliphatic rings. The van der Waals surface area contributed by atoms with Crippen LogP contribution in [0.4, 0.5) is 5.82 Å². The van der Waals surface area contributed by atoms with Crippen molar-refractivity contribution in [2.75, 3.05) is 12.4 Å². The smallest absolute Gasteiger partial charge is 0.225 e. The van der Waals surface area contributed by atoms with Gasteiger partial charge in [-0.15, -0.1) is 0 Å². The second-order valence-electron chi connectivity index (χ2n) is 5.37. The summed E-state index contributed by atoms with van der Waals surface area (Å²) in [5.41, 5.74) is 0.833. The van der Waals surface area contributed by atoms with E-state index in [9.17, 15) is 9.59 Å². The molecule has 3 rings (SSSR count). The summed E-state index contributed by atoms with van der Waals surface area (Å²) in [6.45, 7) is 0. The molecule has 0 spiro atoms. The predicted octanol–water partition coefficient (Wildman–Crippen LogP) is 1.57. The lowest BCUT2D eigenvalue weighted by Crippen LogP contribution is -2.26. The number of amides is 2. The van der Waals surface area contributed by atoms with Crippen LogP contribution in [-0.2, 0) is 9.59 Å². The molecule has 7 heteroatoms. The van der Waals surface area contributed by atoms with E-state index in [1.165, 1.54) is 0 Å². The summed E-state index contributed by atoms with van der Waals surface area (Å²) in [6, 6.07) is 5.61. The number of carbonyl (C=O) groups is 2. The van der Waals surface area contributed by atoms with E-state index < -0.39 is 0 Å². The molecule has 0 unspecified atom stereocenters. The van der Waals surface area contributed by atoms with Crippen LogP contribution in [0.3, 0.4) is 0 Å². The SMILES string of the molecule is COc1ccc2[nH]nc(NC(=O)CC[C@H]3CCC(=O)N3)c2c1. The van der Waals surface area contributed by atoms with Gasteiger partial charge in [-0.1, -0.05) is 0 Å². The van der Waals surface area contributed by atoms with E-state index in [0.717, 1.165) is 17.3 Å². The standard InChI is InChI=1S/C15H18N4O3/c1-22-10-4-5-12-11(8-10)15(19-18-12)17-14(21)7-3-9-2-6-13(20)16-9/h4-5,8-9H,2-3,6-7H2,1H3,(H,16,20)(H2,17,18,19,21)/t9-/m1/s1. The van der Waals surface area contributed by atoms with Gasteiger partial charge in [0.05, 0.1) is 12.6 Å². The minimum Gasteiger partial charge on any atom is -0.497 e. The first-order valence-electron chi connectivity index (χ1n) is 7.27. The Labute approximate surface area is 127 Å². The van der Waals surface area contributed by atoms with Gasteiger partial charge in [-0.2, -0.15) is 5.10 Å². The summed E-state index contributed by atoms with van der Waals surface area (Å²) in [5, 5.41) is 13.5. The van der Waals surface area contributed by atoms with Crippen LogP contribution in [0.2, 0.25) is 0 Å². The zero-order chi connectivity index (χ0) is 15.5. The summed E-state index contributed by atoms with van der Waals surface area (Å²) in [4.78, 5) is 23.2. The molecular formula is C15H18N4O3. The molecule has 3 N–H and O–H groups in total. The van der Waals surface area contributed by atoms with E-state index in [1.54, 1.807) is 7.11 Å². The van der Waals surface area contributed by atoms with E-state index in [1.807, 2.05) is 18.2 Å². The average Bonchev–Trinajstić information content (AvgIpc) is 3.11. The molecule has 22 heavy (non-hydrogen) atoms. The second kappa shape index (κ2) is 6.05. The highest BCUT2D eigenvalue weighted by Crippen LogP contribution is 2.25. The summed E-state index contributed by atoms with van der Waals surface area (Å²) >= 11 is 0. The molecule has 0 aliphatic carbocycles. The van der Waals surface area contributed by atoms with E-state index in [-0.39, 0.29) is 17.9 Å². The van der Waals surface area contributed by atoms with Gasteiger partial charge in [0.1, 0.15) is 5.75 Å². The zero-order valence-electron chi connectivity index (χ0n) is 12.3. The number of fused-ring (bicyclic) bond motifs is 1. The summed E-state index contributed by atoms with van der Waals surface area (Å²) < 4.78 is 5.18. The highest BCUT2D eigenvalue weighted by molar-refractivity contribution is 6.00. The number of carbonyl (C=O) groups excluding carboxylic acids is 2. The maximum Gasteiger partial charge on any atom is 0.225 e. The van der Waals surface area contributed by atoms with Gasteiger partial charge < -0.3 is 15.4 Å². The van der Waals surface area contributed by atoms with Crippen molar-refractivity contribution in [1.82, 2.24) is 15.5 Å². The molecule has 0 radical (unpaired) electrons. The molecule has 116 valence electrons. The first-order valence-corrected chi connectivity index (χ1v) is 7.27. The number of nitrogens with zero attached hydrogens (tertiary/aromatic N) is 1. The fraction of sp³-hybridized carbons (Fsp3) is 0.400. The van der Waals surface area contributed by atoms with E-state index in [4.69, 9.17) is 4.74 Å². The van der Waals surface area contributed by atoms with Crippen molar-refractivity contribution in [3.05, 3.63) is 18.2 Å². The molecule has 1 aromatic heterocycles. The van der Waals surface area contributed by atoms with Crippen molar-refractivity contribution in [2.45, 2.75) is 31.7 Å². The van der Waals surface area contributed by atoms with E-state index in [0.29, 0.717) is 30.8 Å². The Kier molecular flexibility index (Phi) is 3.95. The van der Waals surface area contributed by atoms with Crippen LogP contribution in [-0.4, -0.2) is 35.2 Å². The van der Waals surface area contributed by atoms with Crippen molar-refractivity contribution in [3.8, 4) is 5.75 Å². The van der Waals surface area contributed by atoms with Crippen molar-refractivity contribution in [2.24, 2.45) is 0 Å². The summed E-state index contributed by atoms with van der Waals surface area (Å²) in [5.74, 6) is 1.15. The first-order chi connectivity index (χ1) is 10.7. The number of aromatic nitrogens is 2. The highest BCUT2D eigenvalue weighted by atomic mass is 16.5. The van der Waals surface area contributed by atoms with E-state index in [2.05, 4.69) is 20.8 Å². The molecule has 1 saturated heterocycles. The molecule has 1 fully saturated rings. The minimum atomic E-state index is -0.114. The van der Waals surface area contributed by atoms with Crippen molar-refractivity contribution in [1.29, 1.82) is 0 Å². The van der Waals surface area contributed by atoms with Crippen LogP contribution in [0.15, 0.2) is 18.2 Å². The van der Waals surface area contributed by atoms with Crippen LogP contribution >= 0.6 is 0 Å². The number of H-pyrrole nitrogens is 1. The fourth-order valence-corrected chi connectivity index (χ4v) is 2.61. The topological polar surface area (TPSA) is 96.1 Å². The molecule has 2 aromatic rings. The van der Waals surface area contributed by atoms with Crippen molar-refractivity contribution < 1.29 is 14.3 Å². The lowest BCUT2D eigenvalue weighted by Gasteiger charge is -2.09. The Morgan fingerprint density at radius 1 is 1.50 bits per heavy atom. The third-order valence-corrected chi connectivity index (χ3v) is 3.83. The monoisotopic (exact) mass is 302 g/mol. The summed E-state index contributed by atoms with van der Waals surface area (Å²) in [6.07, 6.45) is 2.34. The van der Waals surface area contributed by atoms with Gasteiger partial charge in [0, 0.05) is 24.3 Å². The Morgan fingerprint density at radius 2 is 2.36 bits per heavy atom. The molecule has 0 saturated carbocycles. The lowest BCUT2D eigenvalue weighted by molar-refractivity contribution is -0.120. The highest BCUT2D eigenvalue weighted by Gasteiger charge is 2.21. The van der Waals surface area contributed by atoms with Gasteiger partial charge >= 0.3 is 0 Å². The second-order valence-corrected chi connectivity index (χ2v) is 5.37. The molecule has 1 atom stereocenters. The Bertz CT molecular complexity index is 710. The largest absolute Gasteiger partial charge is 0.497 e.